The van der Waals surface area contributed by atoms with Crippen molar-refractivity contribution in [2.45, 2.75) is 92.4 Å². The molecule has 0 saturated heterocycles. The first kappa shape index (κ1) is 28.9. The molecule has 6 nitrogen and oxygen atoms in total. The van der Waals surface area contributed by atoms with Gasteiger partial charge in [-0.3, -0.25) is 9.59 Å². The summed E-state index contributed by atoms with van der Waals surface area (Å²) in [6.07, 6.45) is 8.98. The summed E-state index contributed by atoms with van der Waals surface area (Å²) in [4.78, 5) is 21.9. The third-order valence-electron chi connectivity index (χ3n) is 6.41. The van der Waals surface area contributed by atoms with Crippen LogP contribution in [0.4, 0.5) is 0 Å². The lowest BCUT2D eigenvalue weighted by molar-refractivity contribution is -0.137. The summed E-state index contributed by atoms with van der Waals surface area (Å²) in [5.41, 5.74) is 1.82. The molecule has 0 saturated carbocycles. The second-order valence-corrected chi connectivity index (χ2v) is 10.9. The van der Waals surface area contributed by atoms with Crippen LogP contribution in [0.2, 0.25) is 0 Å². The number of hydrogen-bond donors (Lipinski definition) is 1. The number of unbranched alkanes of at least 4 members (excludes halogenated alkanes) is 7. The first-order valence-electron chi connectivity index (χ1n) is 13.0. The number of aliphatic carboxylic acids is 1. The van der Waals surface area contributed by atoms with Crippen LogP contribution in [0.5, 0.6) is 5.75 Å². The summed E-state index contributed by atoms with van der Waals surface area (Å²) >= 11 is 0. The molecule has 2 rings (SSSR count). The quantitative estimate of drug-likeness (QED) is 0.153. The van der Waals surface area contributed by atoms with E-state index in [1.807, 2.05) is 18.2 Å². The van der Waals surface area contributed by atoms with Gasteiger partial charge in [-0.05, 0) is 30.5 Å². The Labute approximate surface area is 211 Å². The van der Waals surface area contributed by atoms with Gasteiger partial charge in [0.15, 0.2) is 0 Å². The fourth-order valence-electron chi connectivity index (χ4n) is 4.96. The monoisotopic (exact) mass is 488 g/mol. The Bertz CT molecular complexity index is 868. The predicted octanol–water partition coefficient (Wildman–Crippen LogP) is 7.02. The highest BCUT2D eigenvalue weighted by Gasteiger charge is 2.43. The Kier molecular flexibility index (Phi) is 11.3. The van der Waals surface area contributed by atoms with Crippen LogP contribution in [0.25, 0.3) is 5.76 Å². The number of esters is 1. The normalized spacial score (nSPS) is 15.2. The van der Waals surface area contributed by atoms with Gasteiger partial charge in [0, 0.05) is 36.3 Å². The van der Waals surface area contributed by atoms with E-state index in [1.54, 1.807) is 6.07 Å². The van der Waals surface area contributed by atoms with Crippen LogP contribution >= 0.6 is 0 Å². The van der Waals surface area contributed by atoms with Crippen LogP contribution in [0.15, 0.2) is 29.8 Å². The van der Waals surface area contributed by atoms with E-state index >= 15 is 0 Å². The van der Waals surface area contributed by atoms with Crippen molar-refractivity contribution < 1.29 is 28.9 Å². The van der Waals surface area contributed by atoms with Gasteiger partial charge in [0.25, 0.3) is 0 Å². The summed E-state index contributed by atoms with van der Waals surface area (Å²) in [7, 11) is 0. The molecule has 0 atom stereocenters. The molecule has 1 aromatic rings. The number of rotatable bonds is 16. The van der Waals surface area contributed by atoms with Gasteiger partial charge in [0.05, 0.1) is 13.2 Å². The first-order chi connectivity index (χ1) is 16.5. The fourth-order valence-corrected chi connectivity index (χ4v) is 4.96. The molecule has 1 aliphatic rings. The van der Waals surface area contributed by atoms with E-state index in [2.05, 4.69) is 27.7 Å². The van der Waals surface area contributed by atoms with Gasteiger partial charge < -0.3 is 19.3 Å². The zero-order chi connectivity index (χ0) is 25.9. The standard InChI is InChI=1S/C29H44O6/c1-22(30)35-24-16-14-15-23(19-24)26-27(29(4,5)21-34-26)28(2,3)20-33-18-13-11-9-7-6-8-10-12-17-25(31)32/h14-16,19H,6-13,17-18,20-21H2,1-5H3,(H,31,32). The molecule has 0 unspecified atom stereocenters. The molecule has 1 aromatic carbocycles. The molecule has 0 aromatic heterocycles. The number of carboxylic acid groups (broad SMARTS) is 1. The van der Waals surface area contributed by atoms with Gasteiger partial charge in [-0.2, -0.15) is 0 Å². The van der Waals surface area contributed by atoms with E-state index < -0.39 is 5.97 Å². The number of hydrogen-bond acceptors (Lipinski definition) is 5. The average Bonchev–Trinajstić information content (AvgIpc) is 3.10. The number of carboxylic acids is 1. The van der Waals surface area contributed by atoms with Gasteiger partial charge in [0.2, 0.25) is 0 Å². The minimum atomic E-state index is -0.696. The van der Waals surface area contributed by atoms with Crippen LogP contribution < -0.4 is 4.74 Å². The van der Waals surface area contributed by atoms with Crippen LogP contribution in [-0.4, -0.2) is 36.9 Å². The van der Waals surface area contributed by atoms with Crippen LogP contribution in [0.3, 0.4) is 0 Å². The fraction of sp³-hybridized carbons (Fsp3) is 0.655. The van der Waals surface area contributed by atoms with E-state index in [0.717, 1.165) is 50.0 Å². The van der Waals surface area contributed by atoms with Gasteiger partial charge in [-0.15, -0.1) is 0 Å². The number of ether oxygens (including phenoxy) is 3. The third-order valence-corrected chi connectivity index (χ3v) is 6.41. The van der Waals surface area contributed by atoms with Crippen molar-refractivity contribution in [1.82, 2.24) is 0 Å². The minimum Gasteiger partial charge on any atom is -0.492 e. The Morgan fingerprint density at radius 3 is 2.29 bits per heavy atom. The topological polar surface area (TPSA) is 82.1 Å². The molecule has 35 heavy (non-hydrogen) atoms. The van der Waals surface area contributed by atoms with Crippen molar-refractivity contribution >= 4 is 17.7 Å². The molecule has 0 radical (unpaired) electrons. The van der Waals surface area contributed by atoms with Crippen LogP contribution in [-0.2, 0) is 19.1 Å². The van der Waals surface area contributed by atoms with Crippen molar-refractivity contribution in [3.63, 3.8) is 0 Å². The highest BCUT2D eigenvalue weighted by Crippen LogP contribution is 2.50. The molecule has 196 valence electrons. The molecule has 1 N–H and O–H groups in total. The highest BCUT2D eigenvalue weighted by atomic mass is 16.5. The van der Waals surface area contributed by atoms with Crippen molar-refractivity contribution in [3.05, 3.63) is 35.4 Å². The van der Waals surface area contributed by atoms with Crippen molar-refractivity contribution in [2.24, 2.45) is 10.8 Å². The van der Waals surface area contributed by atoms with Crippen molar-refractivity contribution in [2.75, 3.05) is 19.8 Å². The van der Waals surface area contributed by atoms with Crippen LogP contribution in [0.1, 0.15) is 98.0 Å². The lowest BCUT2D eigenvalue weighted by atomic mass is 9.70. The maximum Gasteiger partial charge on any atom is 0.308 e. The Balaban J connectivity index is 1.83. The molecule has 0 bridgehead atoms. The van der Waals surface area contributed by atoms with Crippen molar-refractivity contribution in [1.29, 1.82) is 0 Å². The lowest BCUT2D eigenvalue weighted by Gasteiger charge is -2.34. The van der Waals surface area contributed by atoms with Gasteiger partial charge >= 0.3 is 11.9 Å². The molecule has 0 spiro atoms. The summed E-state index contributed by atoms with van der Waals surface area (Å²) in [5.74, 6) is 0.345. The average molecular weight is 489 g/mol. The summed E-state index contributed by atoms with van der Waals surface area (Å²) in [6, 6.07) is 7.51. The van der Waals surface area contributed by atoms with Gasteiger partial charge in [-0.1, -0.05) is 78.4 Å². The SMILES string of the molecule is CC(=O)Oc1cccc(C2=C(C(C)(C)COCCCCCCCCCCC(=O)O)C(C)(C)CO2)c1. The number of benzene rings is 1. The highest BCUT2D eigenvalue weighted by molar-refractivity contribution is 5.72. The van der Waals surface area contributed by atoms with Gasteiger partial charge in [-0.25, -0.2) is 0 Å². The zero-order valence-electron chi connectivity index (χ0n) is 22.3. The largest absolute Gasteiger partial charge is 0.492 e. The van der Waals surface area contributed by atoms with Crippen LogP contribution in [0, 0.1) is 10.8 Å². The Morgan fingerprint density at radius 2 is 1.66 bits per heavy atom. The molecule has 6 heteroatoms. The molecule has 0 amide bonds. The van der Waals surface area contributed by atoms with E-state index in [4.69, 9.17) is 19.3 Å². The smallest absolute Gasteiger partial charge is 0.308 e. The van der Waals surface area contributed by atoms with E-state index in [9.17, 15) is 9.59 Å². The molecule has 1 heterocycles. The second kappa shape index (κ2) is 13.7. The predicted molar refractivity (Wildman–Crippen MR) is 138 cm³/mol. The Hall–Kier alpha value is -2.34. The molecule has 0 fully saturated rings. The molecular weight excluding hydrogens is 444 g/mol. The third kappa shape index (κ3) is 9.67. The first-order valence-corrected chi connectivity index (χ1v) is 13.0. The van der Waals surface area contributed by atoms with E-state index in [1.165, 1.54) is 31.8 Å². The summed E-state index contributed by atoms with van der Waals surface area (Å²) in [6.45, 7) is 12.2. The molecule has 1 aliphatic heterocycles. The summed E-state index contributed by atoms with van der Waals surface area (Å²) in [5, 5.41) is 8.66. The second-order valence-electron chi connectivity index (χ2n) is 10.9. The molecule has 0 aliphatic carbocycles. The van der Waals surface area contributed by atoms with E-state index in [0.29, 0.717) is 19.0 Å². The number of carbonyl (C=O) groups excluding carboxylic acids is 1. The lowest BCUT2D eigenvalue weighted by Crippen LogP contribution is -2.31. The minimum absolute atomic E-state index is 0.121. The molecular formula is C29H44O6. The van der Waals surface area contributed by atoms with Gasteiger partial charge in [0.1, 0.15) is 11.5 Å². The van der Waals surface area contributed by atoms with E-state index in [-0.39, 0.29) is 23.2 Å². The maximum atomic E-state index is 11.4. The number of carbonyl (C=O) groups is 2. The maximum absolute atomic E-state index is 11.4. The van der Waals surface area contributed by atoms with Crippen molar-refractivity contribution in [3.8, 4) is 5.75 Å². The Morgan fingerprint density at radius 1 is 1.03 bits per heavy atom. The summed E-state index contributed by atoms with van der Waals surface area (Å²) < 4.78 is 17.6. The zero-order valence-corrected chi connectivity index (χ0v) is 22.3.